The van der Waals surface area contributed by atoms with Crippen molar-refractivity contribution in [1.82, 2.24) is 5.32 Å². The number of hydrogen-bond acceptors (Lipinski definition) is 3. The average molecular weight is 307 g/mol. The van der Waals surface area contributed by atoms with Crippen LogP contribution in [-0.2, 0) is 9.59 Å². The van der Waals surface area contributed by atoms with Gasteiger partial charge in [0.25, 0.3) is 5.91 Å². The number of benzene rings is 1. The molecule has 5 nitrogen and oxygen atoms in total. The summed E-state index contributed by atoms with van der Waals surface area (Å²) in [6.45, 7) is 7.66. The SMILES string of the molecule is CC(CCC(=O)O)NC(=O)C(C)Oc1cccc(C(C)C)c1. The Balaban J connectivity index is 2.53. The molecule has 0 radical (unpaired) electrons. The summed E-state index contributed by atoms with van der Waals surface area (Å²) in [5.41, 5.74) is 1.15. The lowest BCUT2D eigenvalue weighted by Crippen LogP contribution is -2.41. The maximum atomic E-state index is 12.0. The number of carboxylic acids is 1. The fourth-order valence-electron chi connectivity index (χ4n) is 1.98. The number of aliphatic carboxylic acids is 1. The smallest absolute Gasteiger partial charge is 0.303 e. The molecule has 1 amide bonds. The average Bonchev–Trinajstić information content (AvgIpc) is 2.45. The Bertz CT molecular complexity index is 513. The topological polar surface area (TPSA) is 75.6 Å². The highest BCUT2D eigenvalue weighted by Crippen LogP contribution is 2.21. The van der Waals surface area contributed by atoms with Crippen LogP contribution in [-0.4, -0.2) is 29.1 Å². The maximum absolute atomic E-state index is 12.0. The lowest BCUT2D eigenvalue weighted by molar-refractivity contribution is -0.137. The highest BCUT2D eigenvalue weighted by Gasteiger charge is 2.17. The van der Waals surface area contributed by atoms with E-state index in [4.69, 9.17) is 9.84 Å². The lowest BCUT2D eigenvalue weighted by atomic mass is 10.0. The molecule has 0 spiro atoms. The Labute approximate surface area is 131 Å². The number of hydrogen-bond donors (Lipinski definition) is 2. The highest BCUT2D eigenvalue weighted by molar-refractivity contribution is 5.81. The van der Waals surface area contributed by atoms with Crippen LogP contribution in [0.25, 0.3) is 0 Å². The molecule has 5 heteroatoms. The van der Waals surface area contributed by atoms with Gasteiger partial charge in [0.05, 0.1) is 0 Å². The van der Waals surface area contributed by atoms with Gasteiger partial charge in [-0.3, -0.25) is 9.59 Å². The van der Waals surface area contributed by atoms with Crippen molar-refractivity contribution in [3.63, 3.8) is 0 Å². The quantitative estimate of drug-likeness (QED) is 0.774. The largest absolute Gasteiger partial charge is 0.481 e. The van der Waals surface area contributed by atoms with Crippen LogP contribution in [0.1, 0.15) is 52.0 Å². The maximum Gasteiger partial charge on any atom is 0.303 e. The molecule has 0 aromatic heterocycles. The minimum absolute atomic E-state index is 0.0348. The summed E-state index contributed by atoms with van der Waals surface area (Å²) >= 11 is 0. The van der Waals surface area contributed by atoms with E-state index in [0.29, 0.717) is 18.1 Å². The minimum atomic E-state index is -0.865. The van der Waals surface area contributed by atoms with Crippen LogP contribution in [0.5, 0.6) is 5.75 Å². The van der Waals surface area contributed by atoms with Crippen molar-refractivity contribution in [2.24, 2.45) is 0 Å². The first-order valence-electron chi connectivity index (χ1n) is 7.58. The summed E-state index contributed by atoms with van der Waals surface area (Å²) in [4.78, 5) is 22.6. The molecule has 0 fully saturated rings. The normalized spacial score (nSPS) is 13.5. The third-order valence-electron chi connectivity index (χ3n) is 3.39. The Kier molecular flexibility index (Phi) is 6.89. The van der Waals surface area contributed by atoms with Gasteiger partial charge in [0.1, 0.15) is 5.75 Å². The van der Waals surface area contributed by atoms with Gasteiger partial charge >= 0.3 is 5.97 Å². The summed E-state index contributed by atoms with van der Waals surface area (Å²) in [6.07, 6.45) is -0.196. The summed E-state index contributed by atoms with van der Waals surface area (Å²) in [5, 5.41) is 11.4. The van der Waals surface area contributed by atoms with Crippen LogP contribution in [0.2, 0.25) is 0 Å². The van der Waals surface area contributed by atoms with Crippen LogP contribution in [0.4, 0.5) is 0 Å². The second-order valence-electron chi connectivity index (χ2n) is 5.83. The van der Waals surface area contributed by atoms with E-state index in [-0.39, 0.29) is 18.4 Å². The fraction of sp³-hybridized carbons (Fsp3) is 0.529. The van der Waals surface area contributed by atoms with Crippen molar-refractivity contribution < 1.29 is 19.4 Å². The van der Waals surface area contributed by atoms with Gasteiger partial charge in [0.2, 0.25) is 0 Å². The van der Waals surface area contributed by atoms with Gasteiger partial charge < -0.3 is 15.2 Å². The third kappa shape index (κ3) is 6.16. The number of carboxylic acid groups (broad SMARTS) is 1. The first kappa shape index (κ1) is 18.0. The lowest BCUT2D eigenvalue weighted by Gasteiger charge is -2.19. The number of carbonyl (C=O) groups excluding carboxylic acids is 1. The fourth-order valence-corrected chi connectivity index (χ4v) is 1.98. The van der Waals surface area contributed by atoms with E-state index >= 15 is 0 Å². The van der Waals surface area contributed by atoms with E-state index in [1.807, 2.05) is 24.3 Å². The molecule has 0 aliphatic carbocycles. The molecule has 1 aromatic rings. The summed E-state index contributed by atoms with van der Waals surface area (Å²) < 4.78 is 5.67. The predicted molar refractivity (Wildman–Crippen MR) is 85.1 cm³/mol. The van der Waals surface area contributed by atoms with Gasteiger partial charge in [0, 0.05) is 12.5 Å². The monoisotopic (exact) mass is 307 g/mol. The van der Waals surface area contributed by atoms with Gasteiger partial charge in [-0.2, -0.15) is 0 Å². The molecule has 1 aromatic carbocycles. The van der Waals surface area contributed by atoms with Crippen LogP contribution < -0.4 is 10.1 Å². The summed E-state index contributed by atoms with van der Waals surface area (Å²) in [7, 11) is 0. The molecular weight excluding hydrogens is 282 g/mol. The van der Waals surface area contributed by atoms with E-state index in [2.05, 4.69) is 19.2 Å². The Morgan fingerprint density at radius 2 is 1.91 bits per heavy atom. The first-order chi connectivity index (χ1) is 10.3. The Morgan fingerprint density at radius 3 is 2.50 bits per heavy atom. The third-order valence-corrected chi connectivity index (χ3v) is 3.39. The number of nitrogens with one attached hydrogen (secondary N) is 1. The van der Waals surface area contributed by atoms with Crippen molar-refractivity contribution in [2.75, 3.05) is 0 Å². The van der Waals surface area contributed by atoms with E-state index in [1.54, 1.807) is 13.8 Å². The highest BCUT2D eigenvalue weighted by atomic mass is 16.5. The zero-order valence-corrected chi connectivity index (χ0v) is 13.6. The van der Waals surface area contributed by atoms with Crippen LogP contribution >= 0.6 is 0 Å². The van der Waals surface area contributed by atoms with Gasteiger partial charge in [-0.15, -0.1) is 0 Å². The van der Waals surface area contributed by atoms with Gasteiger partial charge in [-0.25, -0.2) is 0 Å². The van der Waals surface area contributed by atoms with Crippen molar-refractivity contribution in [3.8, 4) is 5.75 Å². The standard InChI is InChI=1S/C17H25NO4/c1-11(2)14-6-5-7-15(10-14)22-13(4)17(21)18-12(3)8-9-16(19)20/h5-7,10-13H,8-9H2,1-4H3,(H,18,21)(H,19,20). The zero-order chi connectivity index (χ0) is 16.7. The van der Waals surface area contributed by atoms with E-state index in [1.165, 1.54) is 0 Å². The molecule has 22 heavy (non-hydrogen) atoms. The molecule has 0 aliphatic heterocycles. The zero-order valence-electron chi connectivity index (χ0n) is 13.6. The molecule has 122 valence electrons. The number of rotatable bonds is 8. The second-order valence-corrected chi connectivity index (χ2v) is 5.83. The van der Waals surface area contributed by atoms with Gasteiger partial charge in [0.15, 0.2) is 6.10 Å². The number of amides is 1. The van der Waals surface area contributed by atoms with Crippen molar-refractivity contribution >= 4 is 11.9 Å². The van der Waals surface area contributed by atoms with E-state index < -0.39 is 12.1 Å². The molecule has 0 bridgehead atoms. The first-order valence-corrected chi connectivity index (χ1v) is 7.58. The van der Waals surface area contributed by atoms with E-state index in [0.717, 1.165) is 5.56 Å². The van der Waals surface area contributed by atoms with Crippen molar-refractivity contribution in [3.05, 3.63) is 29.8 Å². The van der Waals surface area contributed by atoms with Crippen molar-refractivity contribution in [2.45, 2.75) is 58.6 Å². The number of ether oxygens (including phenoxy) is 1. The minimum Gasteiger partial charge on any atom is -0.481 e. The molecule has 0 heterocycles. The van der Waals surface area contributed by atoms with Gasteiger partial charge in [-0.1, -0.05) is 26.0 Å². The van der Waals surface area contributed by atoms with Crippen molar-refractivity contribution in [1.29, 1.82) is 0 Å². The van der Waals surface area contributed by atoms with Crippen LogP contribution in [0, 0.1) is 0 Å². The molecule has 2 atom stereocenters. The number of carbonyl (C=O) groups is 2. The molecular formula is C17H25NO4. The van der Waals surface area contributed by atoms with E-state index in [9.17, 15) is 9.59 Å². The summed E-state index contributed by atoms with van der Waals surface area (Å²) in [6, 6.07) is 7.49. The second kappa shape index (κ2) is 8.41. The molecule has 2 unspecified atom stereocenters. The molecule has 2 N–H and O–H groups in total. The molecule has 1 rings (SSSR count). The van der Waals surface area contributed by atoms with Gasteiger partial charge in [-0.05, 0) is 43.9 Å². The summed E-state index contributed by atoms with van der Waals surface area (Å²) in [5.74, 6) is -0.0560. The van der Waals surface area contributed by atoms with Crippen LogP contribution in [0.15, 0.2) is 24.3 Å². The molecule has 0 saturated heterocycles. The molecule has 0 aliphatic rings. The molecule has 0 saturated carbocycles. The predicted octanol–water partition coefficient (Wildman–Crippen LogP) is 2.95. The Morgan fingerprint density at radius 1 is 1.23 bits per heavy atom. The Hall–Kier alpha value is -2.04. The van der Waals surface area contributed by atoms with Crippen LogP contribution in [0.3, 0.4) is 0 Å².